The first kappa shape index (κ1) is 14.8. The van der Waals surface area contributed by atoms with Gasteiger partial charge in [-0.1, -0.05) is 18.7 Å². The molecule has 0 spiro atoms. The molecule has 102 valence electrons. The molecule has 0 aliphatic carbocycles. The SMILES string of the molecule is CCCN(C)c1nnc(SCC(=O)O)n1C(C)C. The molecule has 0 unspecified atom stereocenters. The lowest BCUT2D eigenvalue weighted by Crippen LogP contribution is -2.23. The van der Waals surface area contributed by atoms with Crippen LogP contribution in [-0.2, 0) is 4.79 Å². The number of rotatable bonds is 7. The maximum atomic E-state index is 10.6. The van der Waals surface area contributed by atoms with Gasteiger partial charge in [0.1, 0.15) is 0 Å². The first-order valence-electron chi connectivity index (χ1n) is 5.98. The van der Waals surface area contributed by atoms with E-state index in [1.165, 1.54) is 11.8 Å². The highest BCUT2D eigenvalue weighted by Crippen LogP contribution is 2.25. The normalized spacial score (nSPS) is 10.9. The molecule has 7 heteroatoms. The van der Waals surface area contributed by atoms with Crippen molar-refractivity contribution in [3.63, 3.8) is 0 Å². The summed E-state index contributed by atoms with van der Waals surface area (Å²) < 4.78 is 1.98. The fourth-order valence-corrected chi connectivity index (χ4v) is 2.42. The van der Waals surface area contributed by atoms with Gasteiger partial charge in [0.05, 0.1) is 5.75 Å². The number of aliphatic carboxylic acids is 1. The summed E-state index contributed by atoms with van der Waals surface area (Å²) in [4.78, 5) is 12.6. The zero-order chi connectivity index (χ0) is 13.7. The summed E-state index contributed by atoms with van der Waals surface area (Å²) >= 11 is 1.20. The molecule has 0 radical (unpaired) electrons. The van der Waals surface area contributed by atoms with Crippen LogP contribution in [0.1, 0.15) is 33.2 Å². The van der Waals surface area contributed by atoms with Gasteiger partial charge in [-0.2, -0.15) is 0 Å². The molecule has 0 aliphatic heterocycles. The van der Waals surface area contributed by atoms with Gasteiger partial charge in [-0.3, -0.25) is 9.36 Å². The Kier molecular flexibility index (Phi) is 5.46. The zero-order valence-electron chi connectivity index (χ0n) is 11.3. The second-order valence-corrected chi connectivity index (χ2v) is 5.29. The predicted molar refractivity (Wildman–Crippen MR) is 72.3 cm³/mol. The fourth-order valence-electron chi connectivity index (χ4n) is 1.64. The van der Waals surface area contributed by atoms with E-state index >= 15 is 0 Å². The molecule has 1 heterocycles. The van der Waals surface area contributed by atoms with Crippen LogP contribution in [0.3, 0.4) is 0 Å². The maximum absolute atomic E-state index is 10.6. The van der Waals surface area contributed by atoms with Crippen LogP contribution in [0.25, 0.3) is 0 Å². The summed E-state index contributed by atoms with van der Waals surface area (Å²) in [5.41, 5.74) is 0. The van der Waals surface area contributed by atoms with Crippen LogP contribution >= 0.6 is 11.8 Å². The summed E-state index contributed by atoms with van der Waals surface area (Å²) in [6.07, 6.45) is 1.03. The van der Waals surface area contributed by atoms with Gasteiger partial charge in [0.25, 0.3) is 0 Å². The number of anilines is 1. The van der Waals surface area contributed by atoms with E-state index in [0.717, 1.165) is 18.9 Å². The van der Waals surface area contributed by atoms with Gasteiger partial charge in [0.15, 0.2) is 5.16 Å². The Morgan fingerprint density at radius 3 is 2.67 bits per heavy atom. The minimum atomic E-state index is -0.846. The average Bonchev–Trinajstić information content (AvgIpc) is 2.70. The van der Waals surface area contributed by atoms with Crippen LogP contribution in [0.2, 0.25) is 0 Å². The topological polar surface area (TPSA) is 71.2 Å². The molecule has 1 aromatic rings. The number of carboxylic acid groups (broad SMARTS) is 1. The van der Waals surface area contributed by atoms with Crippen molar-refractivity contribution < 1.29 is 9.90 Å². The Balaban J connectivity index is 2.95. The lowest BCUT2D eigenvalue weighted by molar-refractivity contribution is -0.133. The van der Waals surface area contributed by atoms with E-state index in [1.54, 1.807) is 0 Å². The molecule has 1 rings (SSSR count). The Labute approximate surface area is 111 Å². The van der Waals surface area contributed by atoms with E-state index in [9.17, 15) is 4.79 Å². The number of carbonyl (C=O) groups is 1. The maximum Gasteiger partial charge on any atom is 0.313 e. The third-order valence-corrected chi connectivity index (χ3v) is 3.32. The molecule has 0 fully saturated rings. The van der Waals surface area contributed by atoms with Gasteiger partial charge in [-0.05, 0) is 20.3 Å². The third-order valence-electron chi connectivity index (χ3n) is 2.39. The number of carboxylic acids is 1. The van der Waals surface area contributed by atoms with Crippen LogP contribution in [0.5, 0.6) is 0 Å². The van der Waals surface area contributed by atoms with Crippen molar-refractivity contribution in [2.24, 2.45) is 0 Å². The summed E-state index contributed by atoms with van der Waals surface area (Å²) in [7, 11) is 1.97. The number of thioether (sulfide) groups is 1. The van der Waals surface area contributed by atoms with Crippen LogP contribution < -0.4 is 4.90 Å². The van der Waals surface area contributed by atoms with E-state index in [4.69, 9.17) is 5.11 Å². The first-order chi connectivity index (χ1) is 8.47. The number of aromatic nitrogens is 3. The van der Waals surface area contributed by atoms with Gasteiger partial charge in [-0.25, -0.2) is 0 Å². The molecule has 0 atom stereocenters. The van der Waals surface area contributed by atoms with Crippen LogP contribution in [-0.4, -0.2) is 45.2 Å². The van der Waals surface area contributed by atoms with Crippen molar-refractivity contribution in [1.29, 1.82) is 0 Å². The van der Waals surface area contributed by atoms with Gasteiger partial charge in [0.2, 0.25) is 5.95 Å². The van der Waals surface area contributed by atoms with E-state index in [-0.39, 0.29) is 11.8 Å². The van der Waals surface area contributed by atoms with Crippen molar-refractivity contribution in [3.05, 3.63) is 0 Å². The third kappa shape index (κ3) is 3.63. The first-order valence-corrected chi connectivity index (χ1v) is 6.96. The van der Waals surface area contributed by atoms with Crippen LogP contribution in [0.15, 0.2) is 5.16 Å². The van der Waals surface area contributed by atoms with E-state index in [2.05, 4.69) is 17.1 Å². The quantitative estimate of drug-likeness (QED) is 0.764. The molecule has 1 N–H and O–H groups in total. The molecule has 18 heavy (non-hydrogen) atoms. The smallest absolute Gasteiger partial charge is 0.313 e. The second kappa shape index (κ2) is 6.63. The highest BCUT2D eigenvalue weighted by Gasteiger charge is 2.18. The second-order valence-electron chi connectivity index (χ2n) is 4.35. The molecule has 6 nitrogen and oxygen atoms in total. The Morgan fingerprint density at radius 2 is 2.17 bits per heavy atom. The Bertz CT molecular complexity index is 406. The predicted octanol–water partition coefficient (Wildman–Crippen LogP) is 1.88. The van der Waals surface area contributed by atoms with Crippen molar-refractivity contribution in [2.75, 3.05) is 24.2 Å². The van der Waals surface area contributed by atoms with Crippen molar-refractivity contribution in [3.8, 4) is 0 Å². The average molecular weight is 272 g/mol. The Morgan fingerprint density at radius 1 is 1.50 bits per heavy atom. The Hall–Kier alpha value is -1.24. The van der Waals surface area contributed by atoms with E-state index in [1.807, 2.05) is 30.4 Å². The van der Waals surface area contributed by atoms with Gasteiger partial charge < -0.3 is 10.0 Å². The largest absolute Gasteiger partial charge is 0.481 e. The standard InChI is InChI=1S/C11H20N4O2S/c1-5-6-14(4)10-12-13-11(15(10)8(2)3)18-7-9(16)17/h8H,5-7H2,1-4H3,(H,16,17). The lowest BCUT2D eigenvalue weighted by Gasteiger charge is -2.20. The van der Waals surface area contributed by atoms with Gasteiger partial charge in [-0.15, -0.1) is 10.2 Å². The van der Waals surface area contributed by atoms with E-state index in [0.29, 0.717) is 5.16 Å². The number of hydrogen-bond acceptors (Lipinski definition) is 5. The van der Waals surface area contributed by atoms with Crippen LogP contribution in [0.4, 0.5) is 5.95 Å². The highest BCUT2D eigenvalue weighted by atomic mass is 32.2. The summed E-state index contributed by atoms with van der Waals surface area (Å²) in [5.74, 6) is -0.0518. The van der Waals surface area contributed by atoms with Gasteiger partial charge in [0, 0.05) is 19.6 Å². The minimum absolute atomic E-state index is 0.00233. The molecule has 0 aliphatic rings. The lowest BCUT2D eigenvalue weighted by atomic mass is 10.4. The summed E-state index contributed by atoms with van der Waals surface area (Å²) in [6, 6.07) is 0.200. The molecule has 0 saturated heterocycles. The molecular formula is C11H20N4O2S. The number of nitrogens with zero attached hydrogens (tertiary/aromatic N) is 4. The number of hydrogen-bond donors (Lipinski definition) is 1. The highest BCUT2D eigenvalue weighted by molar-refractivity contribution is 7.99. The van der Waals surface area contributed by atoms with Crippen molar-refractivity contribution in [2.45, 2.75) is 38.4 Å². The van der Waals surface area contributed by atoms with Crippen molar-refractivity contribution in [1.82, 2.24) is 14.8 Å². The zero-order valence-corrected chi connectivity index (χ0v) is 12.1. The van der Waals surface area contributed by atoms with Crippen molar-refractivity contribution >= 4 is 23.7 Å². The fraction of sp³-hybridized carbons (Fsp3) is 0.727. The molecule has 0 bridgehead atoms. The summed E-state index contributed by atoms with van der Waals surface area (Å²) in [6.45, 7) is 7.08. The molecule has 0 amide bonds. The molecule has 0 saturated carbocycles. The molecule has 0 aromatic carbocycles. The summed E-state index contributed by atoms with van der Waals surface area (Å²) in [5, 5.41) is 17.6. The monoisotopic (exact) mass is 272 g/mol. The molecule has 1 aromatic heterocycles. The minimum Gasteiger partial charge on any atom is -0.481 e. The molecular weight excluding hydrogens is 252 g/mol. The van der Waals surface area contributed by atoms with Gasteiger partial charge >= 0.3 is 5.97 Å². The van der Waals surface area contributed by atoms with E-state index < -0.39 is 5.97 Å². The van der Waals surface area contributed by atoms with Crippen LogP contribution in [0, 0.1) is 0 Å².